The van der Waals surface area contributed by atoms with E-state index in [2.05, 4.69) is 6.58 Å². The van der Waals surface area contributed by atoms with Gasteiger partial charge in [-0.2, -0.15) is 0 Å². The molecule has 1 aromatic rings. The first kappa shape index (κ1) is 10.5. The minimum absolute atomic E-state index is 0.0371. The summed E-state index contributed by atoms with van der Waals surface area (Å²) in [5.74, 6) is 0. The molecule has 1 heterocycles. The molecule has 0 N–H and O–H groups in total. The third-order valence-corrected chi connectivity index (χ3v) is 2.48. The number of carbonyl (C=O) groups is 1. The van der Waals surface area contributed by atoms with E-state index in [1.165, 1.54) is 0 Å². The number of nitrogens with zero attached hydrogens (tertiary/aromatic N) is 1. The van der Waals surface area contributed by atoms with E-state index in [-0.39, 0.29) is 12.1 Å². The van der Waals surface area contributed by atoms with Gasteiger partial charge < -0.3 is 4.74 Å². The molecule has 0 unspecified atom stereocenters. The topological polar surface area (TPSA) is 29.5 Å². The number of allylic oxidation sites excluding steroid dienone is 2. The van der Waals surface area contributed by atoms with Gasteiger partial charge in [0.2, 0.25) is 0 Å². The van der Waals surface area contributed by atoms with Crippen LogP contribution in [0.15, 0.2) is 55.3 Å². The monoisotopic (exact) mass is 215 g/mol. The van der Waals surface area contributed by atoms with E-state index in [0.29, 0.717) is 6.61 Å². The van der Waals surface area contributed by atoms with Gasteiger partial charge in [-0.3, -0.25) is 4.90 Å². The summed E-state index contributed by atoms with van der Waals surface area (Å²) in [4.78, 5) is 13.1. The molecule has 1 saturated heterocycles. The standard InChI is InChI=1S/C13H13NO2/c1-2-3-9-14-12(10-16-13(14)15)11-7-5-4-6-8-11/h2-9,12H,1,10H2/b9-3+/t12-/m1/s1. The Balaban J connectivity index is 2.24. The fourth-order valence-corrected chi connectivity index (χ4v) is 1.68. The summed E-state index contributed by atoms with van der Waals surface area (Å²) >= 11 is 0. The molecule has 3 heteroatoms. The molecule has 1 aliphatic heterocycles. The van der Waals surface area contributed by atoms with Crippen molar-refractivity contribution in [1.29, 1.82) is 0 Å². The Morgan fingerprint density at radius 3 is 2.81 bits per heavy atom. The van der Waals surface area contributed by atoms with Crippen molar-refractivity contribution < 1.29 is 9.53 Å². The first-order valence-corrected chi connectivity index (χ1v) is 5.12. The molecule has 0 bridgehead atoms. The molecule has 0 saturated carbocycles. The fourth-order valence-electron chi connectivity index (χ4n) is 1.68. The minimum Gasteiger partial charge on any atom is -0.447 e. The van der Waals surface area contributed by atoms with Gasteiger partial charge in [-0.05, 0) is 11.6 Å². The number of ether oxygens (including phenoxy) is 1. The van der Waals surface area contributed by atoms with Gasteiger partial charge in [-0.15, -0.1) is 0 Å². The SMILES string of the molecule is C=C/C=C/N1C(=O)OC[C@@H]1c1ccccc1. The van der Waals surface area contributed by atoms with Crippen molar-refractivity contribution in [3.05, 3.63) is 60.8 Å². The van der Waals surface area contributed by atoms with Gasteiger partial charge in [0.1, 0.15) is 6.61 Å². The average Bonchev–Trinajstić information content (AvgIpc) is 2.69. The summed E-state index contributed by atoms with van der Waals surface area (Å²) in [5.41, 5.74) is 1.07. The summed E-state index contributed by atoms with van der Waals surface area (Å²) in [6.07, 6.45) is 4.74. The Labute approximate surface area is 94.6 Å². The maximum atomic E-state index is 11.5. The summed E-state index contributed by atoms with van der Waals surface area (Å²) in [6, 6.07) is 9.79. The van der Waals surface area contributed by atoms with Crippen LogP contribution >= 0.6 is 0 Å². The molecule has 0 aromatic heterocycles. The van der Waals surface area contributed by atoms with Gasteiger partial charge in [-0.1, -0.05) is 43.0 Å². The number of hydrogen-bond acceptors (Lipinski definition) is 2. The Kier molecular flexibility index (Phi) is 3.05. The lowest BCUT2D eigenvalue weighted by Gasteiger charge is -2.17. The van der Waals surface area contributed by atoms with Crippen LogP contribution in [0.1, 0.15) is 11.6 Å². The zero-order valence-electron chi connectivity index (χ0n) is 8.87. The predicted molar refractivity (Wildman–Crippen MR) is 61.7 cm³/mol. The van der Waals surface area contributed by atoms with Crippen LogP contribution in [-0.4, -0.2) is 17.6 Å². The normalized spacial score (nSPS) is 20.1. The molecule has 0 aliphatic carbocycles. The first-order chi connectivity index (χ1) is 7.83. The summed E-state index contributed by atoms with van der Waals surface area (Å²) < 4.78 is 5.03. The predicted octanol–water partition coefficient (Wildman–Crippen LogP) is 2.88. The first-order valence-electron chi connectivity index (χ1n) is 5.12. The summed E-state index contributed by atoms with van der Waals surface area (Å²) in [7, 11) is 0. The summed E-state index contributed by atoms with van der Waals surface area (Å²) in [5, 5.41) is 0. The van der Waals surface area contributed by atoms with Crippen LogP contribution in [0.25, 0.3) is 0 Å². The van der Waals surface area contributed by atoms with Crippen LogP contribution in [-0.2, 0) is 4.74 Å². The van der Waals surface area contributed by atoms with Crippen molar-refractivity contribution in [2.24, 2.45) is 0 Å². The molecule has 1 amide bonds. The maximum Gasteiger partial charge on any atom is 0.414 e. The van der Waals surface area contributed by atoms with E-state index in [0.717, 1.165) is 5.56 Å². The second-order valence-corrected chi connectivity index (χ2v) is 3.49. The molecular weight excluding hydrogens is 202 g/mol. The molecule has 0 radical (unpaired) electrons. The van der Waals surface area contributed by atoms with E-state index in [9.17, 15) is 4.79 Å². The quantitative estimate of drug-likeness (QED) is 0.725. The van der Waals surface area contributed by atoms with E-state index < -0.39 is 0 Å². The Morgan fingerprint density at radius 2 is 2.12 bits per heavy atom. The molecule has 1 atom stereocenters. The van der Waals surface area contributed by atoms with Gasteiger partial charge >= 0.3 is 6.09 Å². The van der Waals surface area contributed by atoms with E-state index in [1.807, 2.05) is 30.3 Å². The second-order valence-electron chi connectivity index (χ2n) is 3.49. The smallest absolute Gasteiger partial charge is 0.414 e. The average molecular weight is 215 g/mol. The molecule has 16 heavy (non-hydrogen) atoms. The van der Waals surface area contributed by atoms with Gasteiger partial charge in [0, 0.05) is 6.20 Å². The largest absolute Gasteiger partial charge is 0.447 e. The van der Waals surface area contributed by atoms with Crippen LogP contribution in [0, 0.1) is 0 Å². The number of hydrogen-bond donors (Lipinski definition) is 0. The van der Waals surface area contributed by atoms with Crippen LogP contribution in [0.5, 0.6) is 0 Å². The highest BCUT2D eigenvalue weighted by atomic mass is 16.6. The van der Waals surface area contributed by atoms with Gasteiger partial charge in [-0.25, -0.2) is 4.79 Å². The van der Waals surface area contributed by atoms with E-state index in [4.69, 9.17) is 4.74 Å². The Hall–Kier alpha value is -2.03. The number of carbonyl (C=O) groups excluding carboxylic acids is 1. The van der Waals surface area contributed by atoms with Gasteiger partial charge in [0.05, 0.1) is 6.04 Å². The molecule has 0 spiro atoms. The molecule has 2 rings (SSSR count). The number of cyclic esters (lactones) is 1. The van der Waals surface area contributed by atoms with Crippen molar-refractivity contribution in [3.63, 3.8) is 0 Å². The molecular formula is C13H13NO2. The third kappa shape index (κ3) is 1.98. The highest BCUT2D eigenvalue weighted by molar-refractivity contribution is 5.71. The number of amides is 1. The third-order valence-electron chi connectivity index (χ3n) is 2.48. The number of rotatable bonds is 3. The van der Waals surface area contributed by atoms with Crippen molar-refractivity contribution in [1.82, 2.24) is 4.90 Å². The fraction of sp³-hybridized carbons (Fsp3) is 0.154. The number of benzene rings is 1. The van der Waals surface area contributed by atoms with Crippen molar-refractivity contribution >= 4 is 6.09 Å². The zero-order valence-corrected chi connectivity index (χ0v) is 8.87. The Bertz CT molecular complexity index is 411. The maximum absolute atomic E-state index is 11.5. The molecule has 3 nitrogen and oxygen atoms in total. The van der Waals surface area contributed by atoms with Crippen LogP contribution in [0.3, 0.4) is 0 Å². The molecule has 1 aliphatic rings. The van der Waals surface area contributed by atoms with E-state index >= 15 is 0 Å². The zero-order chi connectivity index (χ0) is 11.4. The van der Waals surface area contributed by atoms with Crippen molar-refractivity contribution in [2.45, 2.75) is 6.04 Å². The lowest BCUT2D eigenvalue weighted by molar-refractivity contribution is 0.166. The summed E-state index contributed by atoms with van der Waals surface area (Å²) in [6.45, 7) is 3.97. The van der Waals surface area contributed by atoms with Crippen molar-refractivity contribution in [2.75, 3.05) is 6.61 Å². The van der Waals surface area contributed by atoms with Crippen LogP contribution in [0.4, 0.5) is 4.79 Å². The molecule has 1 fully saturated rings. The lowest BCUT2D eigenvalue weighted by Crippen LogP contribution is -2.21. The Morgan fingerprint density at radius 1 is 1.38 bits per heavy atom. The van der Waals surface area contributed by atoms with Gasteiger partial charge in [0.25, 0.3) is 0 Å². The van der Waals surface area contributed by atoms with Crippen LogP contribution in [0.2, 0.25) is 0 Å². The molecule has 1 aromatic carbocycles. The molecule has 82 valence electrons. The van der Waals surface area contributed by atoms with E-state index in [1.54, 1.807) is 23.3 Å². The minimum atomic E-state index is -0.313. The highest BCUT2D eigenvalue weighted by Gasteiger charge is 2.32. The second kappa shape index (κ2) is 4.66. The van der Waals surface area contributed by atoms with Crippen molar-refractivity contribution in [3.8, 4) is 0 Å². The highest BCUT2D eigenvalue weighted by Crippen LogP contribution is 2.27. The lowest BCUT2D eigenvalue weighted by atomic mass is 10.1. The van der Waals surface area contributed by atoms with Crippen LogP contribution < -0.4 is 0 Å². The van der Waals surface area contributed by atoms with Gasteiger partial charge in [0.15, 0.2) is 0 Å².